The highest BCUT2D eigenvalue weighted by Gasteiger charge is 2.49. The summed E-state index contributed by atoms with van der Waals surface area (Å²) in [7, 11) is 0. The second-order valence-corrected chi connectivity index (χ2v) is 7.42. The molecule has 0 heterocycles. The largest absolute Gasteiger partial charge is 0.392 e. The summed E-state index contributed by atoms with van der Waals surface area (Å²) in [4.78, 5) is 0. The van der Waals surface area contributed by atoms with Crippen LogP contribution in [0.1, 0.15) is 52.9 Å². The van der Waals surface area contributed by atoms with Gasteiger partial charge in [0.25, 0.3) is 0 Å². The normalized spacial score (nSPS) is 49.1. The van der Waals surface area contributed by atoms with Gasteiger partial charge in [-0.1, -0.05) is 20.3 Å². The van der Waals surface area contributed by atoms with Gasteiger partial charge in [0.15, 0.2) is 0 Å². The average molecular weight is 237 g/mol. The zero-order valence-electron chi connectivity index (χ0n) is 11.4. The van der Waals surface area contributed by atoms with E-state index in [4.69, 9.17) is 0 Å². The highest BCUT2D eigenvalue weighted by Crippen LogP contribution is 2.50. The van der Waals surface area contributed by atoms with Gasteiger partial charge in [0.1, 0.15) is 0 Å². The fourth-order valence-corrected chi connectivity index (χ4v) is 4.53. The lowest BCUT2D eigenvalue weighted by molar-refractivity contribution is -0.0780. The Morgan fingerprint density at radius 2 is 1.94 bits per heavy atom. The summed E-state index contributed by atoms with van der Waals surface area (Å²) >= 11 is 0. The molecule has 98 valence electrons. The third-order valence-corrected chi connectivity index (χ3v) is 6.11. The molecule has 2 heteroatoms. The van der Waals surface area contributed by atoms with Crippen molar-refractivity contribution in [3.05, 3.63) is 0 Å². The van der Waals surface area contributed by atoms with E-state index in [1.165, 1.54) is 25.7 Å². The van der Waals surface area contributed by atoms with Gasteiger partial charge in [-0.05, 0) is 50.4 Å². The van der Waals surface area contributed by atoms with E-state index in [1.54, 1.807) is 0 Å². The lowest BCUT2D eigenvalue weighted by Gasteiger charge is -2.51. The van der Waals surface area contributed by atoms with Crippen molar-refractivity contribution in [2.45, 2.75) is 71.1 Å². The molecule has 3 aliphatic carbocycles. The molecule has 0 spiro atoms. The first kappa shape index (κ1) is 12.0. The fraction of sp³-hybridized carbons (Fsp3) is 1.00. The van der Waals surface area contributed by atoms with Crippen molar-refractivity contribution in [3.63, 3.8) is 0 Å². The predicted octanol–water partition coefficient (Wildman–Crippen LogP) is 2.56. The van der Waals surface area contributed by atoms with Crippen LogP contribution < -0.4 is 5.32 Å². The van der Waals surface area contributed by atoms with Crippen molar-refractivity contribution >= 4 is 0 Å². The summed E-state index contributed by atoms with van der Waals surface area (Å²) in [5.41, 5.74) is 0.0753. The first-order valence-electron chi connectivity index (χ1n) is 7.42. The Kier molecular flexibility index (Phi) is 2.79. The zero-order valence-corrected chi connectivity index (χ0v) is 11.4. The summed E-state index contributed by atoms with van der Waals surface area (Å²) in [5, 5.41) is 13.6. The summed E-state index contributed by atoms with van der Waals surface area (Å²) in [5.74, 6) is 2.94. The van der Waals surface area contributed by atoms with Crippen LogP contribution in [0, 0.1) is 23.2 Å². The molecular formula is C15H27NO. The van der Waals surface area contributed by atoms with Gasteiger partial charge in [-0.3, -0.25) is 0 Å². The molecule has 0 aromatic rings. The topological polar surface area (TPSA) is 32.3 Å². The molecule has 3 rings (SSSR count). The van der Waals surface area contributed by atoms with Crippen molar-refractivity contribution < 1.29 is 5.11 Å². The van der Waals surface area contributed by atoms with Crippen molar-refractivity contribution in [3.8, 4) is 0 Å². The number of rotatable bonds is 3. The minimum Gasteiger partial charge on any atom is -0.392 e. The standard InChI is InChI=1S/C15H27NO/c1-9(12-7-10-4-5-11(12)6-10)16-13-8-14(17)15(13,2)3/h9-14,16-17H,4-8H2,1-3H3. The van der Waals surface area contributed by atoms with Gasteiger partial charge >= 0.3 is 0 Å². The minimum atomic E-state index is -0.104. The van der Waals surface area contributed by atoms with Crippen molar-refractivity contribution in [1.82, 2.24) is 5.32 Å². The predicted molar refractivity (Wildman–Crippen MR) is 69.7 cm³/mol. The molecule has 2 bridgehead atoms. The summed E-state index contributed by atoms with van der Waals surface area (Å²) in [6.07, 6.45) is 6.74. The van der Waals surface area contributed by atoms with Crippen LogP contribution in [0.15, 0.2) is 0 Å². The van der Waals surface area contributed by atoms with Gasteiger partial charge in [0.2, 0.25) is 0 Å². The van der Waals surface area contributed by atoms with E-state index in [1.807, 2.05) is 0 Å². The molecule has 0 aromatic carbocycles. The van der Waals surface area contributed by atoms with E-state index in [0.29, 0.717) is 12.1 Å². The summed E-state index contributed by atoms with van der Waals surface area (Å²) in [6, 6.07) is 1.16. The number of hydrogen-bond acceptors (Lipinski definition) is 2. The minimum absolute atomic E-state index is 0.0753. The van der Waals surface area contributed by atoms with Crippen LogP contribution in [0.25, 0.3) is 0 Å². The highest BCUT2D eigenvalue weighted by atomic mass is 16.3. The van der Waals surface area contributed by atoms with Crippen LogP contribution in [-0.4, -0.2) is 23.3 Å². The van der Waals surface area contributed by atoms with E-state index in [9.17, 15) is 5.11 Å². The number of fused-ring (bicyclic) bond motifs is 2. The molecular weight excluding hydrogens is 210 g/mol. The number of hydrogen-bond donors (Lipinski definition) is 2. The average Bonchev–Trinajstić information content (AvgIpc) is 2.90. The molecule has 6 unspecified atom stereocenters. The molecule has 2 nitrogen and oxygen atoms in total. The van der Waals surface area contributed by atoms with Gasteiger partial charge in [-0.2, -0.15) is 0 Å². The van der Waals surface area contributed by atoms with Gasteiger partial charge in [0, 0.05) is 17.5 Å². The Bertz CT molecular complexity index is 301. The Morgan fingerprint density at radius 1 is 1.18 bits per heavy atom. The second-order valence-electron chi connectivity index (χ2n) is 7.42. The molecule has 3 saturated carbocycles. The van der Waals surface area contributed by atoms with E-state index < -0.39 is 0 Å². The summed E-state index contributed by atoms with van der Waals surface area (Å²) in [6.45, 7) is 6.74. The summed E-state index contributed by atoms with van der Waals surface area (Å²) < 4.78 is 0. The van der Waals surface area contributed by atoms with Crippen molar-refractivity contribution in [2.24, 2.45) is 23.2 Å². The Hall–Kier alpha value is -0.0800. The molecule has 3 aliphatic rings. The van der Waals surface area contributed by atoms with E-state index in [-0.39, 0.29) is 11.5 Å². The Balaban J connectivity index is 1.56. The van der Waals surface area contributed by atoms with Crippen LogP contribution in [0.3, 0.4) is 0 Å². The number of aliphatic hydroxyl groups excluding tert-OH is 1. The van der Waals surface area contributed by atoms with Crippen LogP contribution in [0.2, 0.25) is 0 Å². The van der Waals surface area contributed by atoms with Crippen LogP contribution in [-0.2, 0) is 0 Å². The van der Waals surface area contributed by atoms with Gasteiger partial charge in [-0.15, -0.1) is 0 Å². The van der Waals surface area contributed by atoms with Crippen molar-refractivity contribution in [2.75, 3.05) is 0 Å². The van der Waals surface area contributed by atoms with E-state index >= 15 is 0 Å². The van der Waals surface area contributed by atoms with E-state index in [0.717, 1.165) is 24.2 Å². The smallest absolute Gasteiger partial charge is 0.0621 e. The molecule has 17 heavy (non-hydrogen) atoms. The second kappa shape index (κ2) is 3.96. The number of nitrogens with one attached hydrogen (secondary N) is 1. The lowest BCUT2D eigenvalue weighted by atomic mass is 9.64. The van der Waals surface area contributed by atoms with E-state index in [2.05, 4.69) is 26.1 Å². The van der Waals surface area contributed by atoms with Gasteiger partial charge in [0.05, 0.1) is 6.10 Å². The molecule has 6 atom stereocenters. The molecule has 0 amide bonds. The molecule has 3 fully saturated rings. The highest BCUT2D eigenvalue weighted by molar-refractivity contribution is 5.04. The fourth-order valence-electron chi connectivity index (χ4n) is 4.53. The number of aliphatic hydroxyl groups is 1. The van der Waals surface area contributed by atoms with Crippen molar-refractivity contribution in [1.29, 1.82) is 0 Å². The maximum atomic E-state index is 9.79. The zero-order chi connectivity index (χ0) is 12.2. The van der Waals surface area contributed by atoms with Crippen LogP contribution >= 0.6 is 0 Å². The lowest BCUT2D eigenvalue weighted by Crippen LogP contribution is -2.62. The van der Waals surface area contributed by atoms with Gasteiger partial charge in [-0.25, -0.2) is 0 Å². The molecule has 0 aromatic heterocycles. The molecule has 0 radical (unpaired) electrons. The third kappa shape index (κ3) is 1.84. The quantitative estimate of drug-likeness (QED) is 0.790. The third-order valence-electron chi connectivity index (χ3n) is 6.11. The SMILES string of the molecule is CC(NC1CC(O)C1(C)C)C1CC2CCC1C2. The molecule has 2 N–H and O–H groups in total. The Morgan fingerprint density at radius 3 is 2.41 bits per heavy atom. The first-order valence-corrected chi connectivity index (χ1v) is 7.42. The molecule has 0 saturated heterocycles. The Labute approximate surface area is 105 Å². The maximum Gasteiger partial charge on any atom is 0.0621 e. The van der Waals surface area contributed by atoms with Crippen LogP contribution in [0.4, 0.5) is 0 Å². The molecule has 0 aliphatic heterocycles. The monoisotopic (exact) mass is 237 g/mol. The van der Waals surface area contributed by atoms with Gasteiger partial charge < -0.3 is 10.4 Å². The maximum absolute atomic E-state index is 9.79. The van der Waals surface area contributed by atoms with Crippen LogP contribution in [0.5, 0.6) is 0 Å². The first-order chi connectivity index (χ1) is 7.98.